The second kappa shape index (κ2) is 6.25. The van der Waals surface area contributed by atoms with Crippen LogP contribution >= 0.6 is 0 Å². The van der Waals surface area contributed by atoms with Crippen LogP contribution < -0.4 is 9.16 Å². The maximum absolute atomic E-state index is 14.1. The highest BCUT2D eigenvalue weighted by Crippen LogP contribution is 2.41. The van der Waals surface area contributed by atoms with Crippen LogP contribution in [0.5, 0.6) is 11.5 Å². The van der Waals surface area contributed by atoms with Crippen molar-refractivity contribution in [2.45, 2.75) is 45.0 Å². The van der Waals surface area contributed by atoms with Gasteiger partial charge in [-0.15, -0.1) is 0 Å². The molecule has 0 aliphatic carbocycles. The first kappa shape index (κ1) is 18.4. The highest BCUT2D eigenvalue weighted by atomic mass is 28.4. The summed E-state index contributed by atoms with van der Waals surface area (Å²) >= 11 is 0. The molecular formula is C15H23FO5Si. The number of carbonyl (C=O) groups is 1. The van der Waals surface area contributed by atoms with Crippen LogP contribution in [-0.4, -0.2) is 31.6 Å². The molecule has 0 fully saturated rings. The number of aliphatic hydroxyl groups excluding tert-OH is 1. The van der Waals surface area contributed by atoms with Gasteiger partial charge >= 0.3 is 5.97 Å². The van der Waals surface area contributed by atoms with E-state index in [4.69, 9.17) is 14.3 Å². The number of halogens is 1. The Kier molecular flexibility index (Phi) is 5.24. The maximum Gasteiger partial charge on any atom is 0.337 e. The minimum absolute atomic E-state index is 0.0895. The number of carboxylic acids is 1. The average Bonchev–Trinajstić information content (AvgIpc) is 2.36. The molecule has 0 aromatic heterocycles. The molecule has 7 heteroatoms. The van der Waals surface area contributed by atoms with E-state index in [0.29, 0.717) is 0 Å². The number of methoxy groups -OCH3 is 1. The highest BCUT2D eigenvalue weighted by Gasteiger charge is 2.40. The molecule has 0 heterocycles. The Labute approximate surface area is 130 Å². The van der Waals surface area contributed by atoms with Crippen LogP contribution in [0.3, 0.4) is 0 Å². The van der Waals surface area contributed by atoms with Gasteiger partial charge in [-0.25, -0.2) is 9.18 Å². The fourth-order valence-electron chi connectivity index (χ4n) is 1.56. The molecule has 2 N–H and O–H groups in total. The Hall–Kier alpha value is -1.60. The Morgan fingerprint density at radius 1 is 1.27 bits per heavy atom. The largest absolute Gasteiger partial charge is 0.541 e. The molecule has 0 saturated heterocycles. The van der Waals surface area contributed by atoms with E-state index >= 15 is 0 Å². The Bertz CT molecular complexity index is 566. The topological polar surface area (TPSA) is 76.0 Å². The van der Waals surface area contributed by atoms with Gasteiger partial charge in [0.05, 0.1) is 7.11 Å². The van der Waals surface area contributed by atoms with Crippen LogP contribution in [0.1, 0.15) is 32.4 Å². The molecule has 1 rings (SSSR count). The predicted molar refractivity (Wildman–Crippen MR) is 83.4 cm³/mol. The number of rotatable bonds is 5. The van der Waals surface area contributed by atoms with Crippen molar-refractivity contribution >= 4 is 14.3 Å². The first-order valence-corrected chi connectivity index (χ1v) is 9.79. The van der Waals surface area contributed by atoms with E-state index in [0.717, 1.165) is 12.1 Å². The van der Waals surface area contributed by atoms with Crippen LogP contribution in [0, 0.1) is 5.82 Å². The van der Waals surface area contributed by atoms with Gasteiger partial charge in [0.15, 0.2) is 11.9 Å². The summed E-state index contributed by atoms with van der Waals surface area (Å²) in [6.45, 7) is 10.1. The Balaban J connectivity index is 3.29. The molecule has 0 aliphatic heterocycles. The van der Waals surface area contributed by atoms with E-state index in [1.807, 2.05) is 33.9 Å². The van der Waals surface area contributed by atoms with Crippen molar-refractivity contribution in [1.82, 2.24) is 0 Å². The van der Waals surface area contributed by atoms with Crippen molar-refractivity contribution in [2.75, 3.05) is 7.11 Å². The van der Waals surface area contributed by atoms with Gasteiger partial charge < -0.3 is 19.4 Å². The number of aliphatic carboxylic acids is 1. The number of benzene rings is 1. The lowest BCUT2D eigenvalue weighted by atomic mass is 10.1. The molecule has 0 saturated carbocycles. The summed E-state index contributed by atoms with van der Waals surface area (Å²) in [6.07, 6.45) is -1.95. The number of hydrogen-bond acceptors (Lipinski definition) is 4. The molecule has 124 valence electrons. The van der Waals surface area contributed by atoms with Crippen molar-refractivity contribution < 1.29 is 28.6 Å². The van der Waals surface area contributed by atoms with Gasteiger partial charge in [0, 0.05) is 11.6 Å². The average molecular weight is 330 g/mol. The van der Waals surface area contributed by atoms with Crippen molar-refractivity contribution in [3.63, 3.8) is 0 Å². The van der Waals surface area contributed by atoms with Crippen molar-refractivity contribution in [3.05, 3.63) is 23.5 Å². The lowest BCUT2D eigenvalue weighted by Crippen LogP contribution is -2.44. The summed E-state index contributed by atoms with van der Waals surface area (Å²) in [4.78, 5) is 10.8. The number of ether oxygens (including phenoxy) is 1. The number of hydrogen-bond donors (Lipinski definition) is 2. The van der Waals surface area contributed by atoms with Gasteiger partial charge in [0.1, 0.15) is 11.6 Å². The lowest BCUT2D eigenvalue weighted by Gasteiger charge is -2.36. The van der Waals surface area contributed by atoms with Gasteiger partial charge in [-0.3, -0.25) is 0 Å². The summed E-state index contributed by atoms with van der Waals surface area (Å²) < 4.78 is 25.3. The van der Waals surface area contributed by atoms with E-state index in [1.165, 1.54) is 7.11 Å². The summed E-state index contributed by atoms with van der Waals surface area (Å²) in [5.41, 5.74) is -0.355. The van der Waals surface area contributed by atoms with E-state index < -0.39 is 26.2 Å². The fraction of sp³-hybridized carbons (Fsp3) is 0.533. The lowest BCUT2D eigenvalue weighted by molar-refractivity contribution is -0.147. The van der Waals surface area contributed by atoms with Gasteiger partial charge in [0.2, 0.25) is 0 Å². The third kappa shape index (κ3) is 3.78. The van der Waals surface area contributed by atoms with Crippen molar-refractivity contribution in [3.8, 4) is 11.5 Å². The van der Waals surface area contributed by atoms with Crippen LogP contribution in [0.25, 0.3) is 0 Å². The molecule has 1 atom stereocenters. The molecule has 0 amide bonds. The van der Waals surface area contributed by atoms with Crippen molar-refractivity contribution in [1.29, 1.82) is 0 Å². The second-order valence-corrected chi connectivity index (χ2v) is 11.4. The van der Waals surface area contributed by atoms with E-state index in [1.54, 1.807) is 0 Å². The number of carboxylic acid groups (broad SMARTS) is 1. The molecule has 0 spiro atoms. The second-order valence-electron chi connectivity index (χ2n) is 6.63. The molecular weight excluding hydrogens is 307 g/mol. The zero-order chi connectivity index (χ0) is 17.3. The summed E-state index contributed by atoms with van der Waals surface area (Å²) in [5.74, 6) is -1.96. The van der Waals surface area contributed by atoms with Crippen LogP contribution in [0.15, 0.2) is 12.1 Å². The Morgan fingerprint density at radius 2 is 1.82 bits per heavy atom. The SMILES string of the molecule is COc1cc(C(O)C(=O)O)c(F)cc1O[Si](C)(C)C(C)(C)C. The van der Waals surface area contributed by atoms with Crippen LogP contribution in [-0.2, 0) is 4.79 Å². The summed E-state index contributed by atoms with van der Waals surface area (Å²) in [5, 5.41) is 18.2. The molecule has 1 aromatic rings. The third-order valence-electron chi connectivity index (χ3n) is 3.98. The summed E-state index contributed by atoms with van der Waals surface area (Å²) in [6, 6.07) is 2.23. The Morgan fingerprint density at radius 3 is 2.23 bits per heavy atom. The van der Waals surface area contributed by atoms with Gasteiger partial charge in [-0.1, -0.05) is 20.8 Å². The van der Waals surface area contributed by atoms with E-state index in [-0.39, 0.29) is 22.1 Å². The third-order valence-corrected chi connectivity index (χ3v) is 8.33. The van der Waals surface area contributed by atoms with Crippen LogP contribution in [0.2, 0.25) is 18.1 Å². The molecule has 1 unspecified atom stereocenters. The monoisotopic (exact) mass is 330 g/mol. The normalized spacial score (nSPS) is 13.6. The highest BCUT2D eigenvalue weighted by molar-refractivity contribution is 6.74. The van der Waals surface area contributed by atoms with Gasteiger partial charge in [-0.2, -0.15) is 0 Å². The predicted octanol–water partition coefficient (Wildman–Crippen LogP) is 3.34. The fourth-order valence-corrected chi connectivity index (χ4v) is 2.58. The van der Waals surface area contributed by atoms with Crippen LogP contribution in [0.4, 0.5) is 4.39 Å². The minimum Gasteiger partial charge on any atom is -0.541 e. The first-order valence-electron chi connectivity index (χ1n) is 6.88. The molecule has 0 aliphatic rings. The summed E-state index contributed by atoms with van der Waals surface area (Å²) in [7, 11) is -0.831. The minimum atomic E-state index is -2.21. The standard InChI is InChI=1S/C15H23FO5Si/c1-15(2,3)22(5,6)21-12-8-10(16)9(7-11(12)20-4)13(17)14(18)19/h7-8,13,17H,1-6H3,(H,18,19). The molecule has 0 bridgehead atoms. The molecule has 5 nitrogen and oxygen atoms in total. The maximum atomic E-state index is 14.1. The van der Waals surface area contributed by atoms with Crippen molar-refractivity contribution in [2.24, 2.45) is 0 Å². The smallest absolute Gasteiger partial charge is 0.337 e. The molecule has 22 heavy (non-hydrogen) atoms. The molecule has 1 aromatic carbocycles. The zero-order valence-corrected chi connectivity index (χ0v) is 14.7. The number of aliphatic hydroxyl groups is 1. The van der Waals surface area contributed by atoms with Gasteiger partial charge in [-0.05, 0) is 24.2 Å². The van der Waals surface area contributed by atoms with Gasteiger partial charge in [0.25, 0.3) is 8.32 Å². The van der Waals surface area contributed by atoms with E-state index in [2.05, 4.69) is 0 Å². The molecule has 0 radical (unpaired) electrons. The quantitative estimate of drug-likeness (QED) is 0.810. The van der Waals surface area contributed by atoms with E-state index in [9.17, 15) is 14.3 Å². The zero-order valence-electron chi connectivity index (χ0n) is 13.7. The first-order chi connectivity index (χ1) is 9.90.